The number of ether oxygens (including phenoxy) is 1. The molecule has 1 aromatic heterocycles. The molecule has 0 aliphatic rings. The van der Waals surface area contributed by atoms with Gasteiger partial charge in [0, 0.05) is 18.8 Å². The van der Waals surface area contributed by atoms with Gasteiger partial charge >= 0.3 is 0 Å². The summed E-state index contributed by atoms with van der Waals surface area (Å²) in [5.41, 5.74) is 6.83. The van der Waals surface area contributed by atoms with E-state index < -0.39 is 5.91 Å². The molecule has 1 heterocycles. The van der Waals surface area contributed by atoms with Gasteiger partial charge in [-0.2, -0.15) is 0 Å². The number of aromatic nitrogens is 1. The summed E-state index contributed by atoms with van der Waals surface area (Å²) in [5.74, 6) is 1.10. The minimum Gasteiger partial charge on any atom is -0.439 e. The first-order valence-electron chi connectivity index (χ1n) is 8.84. The highest BCUT2D eigenvalue weighted by Gasteiger charge is 2.07. The number of hydrogen-bond acceptors (Lipinski definition) is 4. The predicted octanol–water partition coefficient (Wildman–Crippen LogP) is 3.86. The highest BCUT2D eigenvalue weighted by atomic mass is 16.5. The van der Waals surface area contributed by atoms with Crippen molar-refractivity contribution in [1.82, 2.24) is 10.3 Å². The van der Waals surface area contributed by atoms with E-state index in [1.54, 1.807) is 12.1 Å². The average molecular weight is 341 g/mol. The van der Waals surface area contributed by atoms with Gasteiger partial charge in [0.1, 0.15) is 5.75 Å². The number of primary amides is 1. The van der Waals surface area contributed by atoms with Crippen LogP contribution in [0.4, 0.5) is 0 Å². The van der Waals surface area contributed by atoms with E-state index in [0.29, 0.717) is 23.1 Å². The molecule has 1 aromatic carbocycles. The van der Waals surface area contributed by atoms with Gasteiger partial charge in [0.25, 0.3) is 0 Å². The van der Waals surface area contributed by atoms with E-state index in [1.165, 1.54) is 31.0 Å². The molecule has 0 fully saturated rings. The molecule has 5 nitrogen and oxygen atoms in total. The lowest BCUT2D eigenvalue weighted by Crippen LogP contribution is -2.21. The number of benzene rings is 1. The van der Waals surface area contributed by atoms with Crippen molar-refractivity contribution < 1.29 is 9.53 Å². The summed E-state index contributed by atoms with van der Waals surface area (Å²) in [6, 6.07) is 11.3. The van der Waals surface area contributed by atoms with Gasteiger partial charge in [-0.1, -0.05) is 38.8 Å². The van der Waals surface area contributed by atoms with Crippen molar-refractivity contribution in [3.05, 3.63) is 53.7 Å². The number of nitrogens with zero attached hydrogens (tertiary/aromatic N) is 1. The number of carbonyl (C=O) groups is 1. The molecule has 0 saturated carbocycles. The third-order valence-electron chi connectivity index (χ3n) is 4.10. The molecule has 0 bridgehead atoms. The van der Waals surface area contributed by atoms with Crippen LogP contribution in [0.3, 0.4) is 0 Å². The standard InChI is InChI=1S/C20H27N3O2/c1-3-4-5-12-22-13-15(2)16-6-9-18(10-7-16)25-19-11-8-17(14-23-19)20(21)24/h6-11,14-15,22H,3-5,12-13H2,1-2H3,(H2,21,24). The van der Waals surface area contributed by atoms with Crippen LogP contribution < -0.4 is 15.8 Å². The number of unbranched alkanes of at least 4 members (excludes halogenated alkanes) is 2. The summed E-state index contributed by atoms with van der Waals surface area (Å²) in [5, 5.41) is 3.51. The molecule has 0 aliphatic carbocycles. The third kappa shape index (κ3) is 6.19. The van der Waals surface area contributed by atoms with Crippen molar-refractivity contribution in [2.24, 2.45) is 5.73 Å². The first-order valence-corrected chi connectivity index (χ1v) is 8.84. The topological polar surface area (TPSA) is 77.2 Å². The Hall–Kier alpha value is -2.40. The quantitative estimate of drug-likeness (QED) is 0.643. The van der Waals surface area contributed by atoms with Gasteiger partial charge in [-0.05, 0) is 42.6 Å². The van der Waals surface area contributed by atoms with Crippen LogP contribution in [0.5, 0.6) is 11.6 Å². The van der Waals surface area contributed by atoms with Crippen LogP contribution in [0.25, 0.3) is 0 Å². The lowest BCUT2D eigenvalue weighted by Gasteiger charge is -2.14. The van der Waals surface area contributed by atoms with E-state index in [-0.39, 0.29) is 0 Å². The lowest BCUT2D eigenvalue weighted by atomic mass is 10.0. The molecule has 0 aliphatic heterocycles. The second-order valence-corrected chi connectivity index (χ2v) is 6.23. The number of nitrogens with one attached hydrogen (secondary N) is 1. The van der Waals surface area contributed by atoms with Crippen LogP contribution in [0, 0.1) is 0 Å². The van der Waals surface area contributed by atoms with Crippen LogP contribution in [0.1, 0.15) is 54.9 Å². The monoisotopic (exact) mass is 341 g/mol. The predicted molar refractivity (Wildman–Crippen MR) is 100 cm³/mol. The van der Waals surface area contributed by atoms with E-state index in [2.05, 4.69) is 36.3 Å². The van der Waals surface area contributed by atoms with E-state index in [4.69, 9.17) is 10.5 Å². The Kier molecular flexibility index (Phi) is 7.41. The SMILES string of the molecule is CCCCCNCC(C)c1ccc(Oc2ccc(C(N)=O)cn2)cc1. The average Bonchev–Trinajstić information content (AvgIpc) is 2.62. The van der Waals surface area contributed by atoms with Gasteiger partial charge in [-0.25, -0.2) is 4.98 Å². The Morgan fingerprint density at radius 2 is 1.96 bits per heavy atom. The molecule has 2 rings (SSSR count). The van der Waals surface area contributed by atoms with Gasteiger partial charge in [-0.3, -0.25) is 4.79 Å². The maximum Gasteiger partial charge on any atom is 0.250 e. The highest BCUT2D eigenvalue weighted by molar-refractivity contribution is 5.92. The zero-order chi connectivity index (χ0) is 18.1. The minimum absolute atomic E-state index is 0.364. The first-order chi connectivity index (χ1) is 12.1. The second kappa shape index (κ2) is 9.79. The van der Waals surface area contributed by atoms with E-state index >= 15 is 0 Å². The van der Waals surface area contributed by atoms with E-state index in [0.717, 1.165) is 13.1 Å². The molecule has 3 N–H and O–H groups in total. The van der Waals surface area contributed by atoms with Crippen molar-refractivity contribution in [2.75, 3.05) is 13.1 Å². The largest absolute Gasteiger partial charge is 0.439 e. The Bertz CT molecular complexity index is 654. The van der Waals surface area contributed by atoms with Crippen LogP contribution in [-0.4, -0.2) is 24.0 Å². The van der Waals surface area contributed by atoms with Gasteiger partial charge in [0.2, 0.25) is 11.8 Å². The fraction of sp³-hybridized carbons (Fsp3) is 0.400. The Morgan fingerprint density at radius 3 is 2.56 bits per heavy atom. The summed E-state index contributed by atoms with van der Waals surface area (Å²) in [7, 11) is 0. The minimum atomic E-state index is -0.499. The van der Waals surface area contributed by atoms with E-state index in [9.17, 15) is 4.79 Å². The van der Waals surface area contributed by atoms with Crippen LogP contribution >= 0.6 is 0 Å². The van der Waals surface area contributed by atoms with E-state index in [1.807, 2.05) is 12.1 Å². The number of pyridine rings is 1. The number of nitrogens with two attached hydrogens (primary N) is 1. The first kappa shape index (κ1) is 18.9. The number of amides is 1. The Morgan fingerprint density at radius 1 is 1.20 bits per heavy atom. The van der Waals surface area contributed by atoms with Crippen molar-refractivity contribution in [1.29, 1.82) is 0 Å². The maximum absolute atomic E-state index is 11.0. The highest BCUT2D eigenvalue weighted by Crippen LogP contribution is 2.22. The molecule has 1 amide bonds. The van der Waals surface area contributed by atoms with Crippen molar-refractivity contribution >= 4 is 5.91 Å². The zero-order valence-electron chi connectivity index (χ0n) is 15.0. The third-order valence-corrected chi connectivity index (χ3v) is 4.10. The molecule has 25 heavy (non-hydrogen) atoms. The molecule has 1 atom stereocenters. The van der Waals surface area contributed by atoms with Crippen LogP contribution in [-0.2, 0) is 0 Å². The number of rotatable bonds is 10. The summed E-state index contributed by atoms with van der Waals surface area (Å²) in [6.45, 7) is 6.48. The smallest absolute Gasteiger partial charge is 0.250 e. The zero-order valence-corrected chi connectivity index (χ0v) is 15.0. The van der Waals surface area contributed by atoms with Gasteiger partial charge in [0.05, 0.1) is 5.56 Å². The van der Waals surface area contributed by atoms with Crippen molar-refractivity contribution in [3.63, 3.8) is 0 Å². The molecule has 0 radical (unpaired) electrons. The fourth-order valence-electron chi connectivity index (χ4n) is 2.51. The molecule has 0 saturated heterocycles. The summed E-state index contributed by atoms with van der Waals surface area (Å²) >= 11 is 0. The number of carbonyl (C=O) groups excluding carboxylic acids is 1. The van der Waals surface area contributed by atoms with Gasteiger partial charge in [-0.15, -0.1) is 0 Å². The molecular weight excluding hydrogens is 314 g/mol. The normalized spacial score (nSPS) is 11.9. The molecular formula is C20H27N3O2. The fourth-order valence-corrected chi connectivity index (χ4v) is 2.51. The molecule has 134 valence electrons. The summed E-state index contributed by atoms with van der Waals surface area (Å²) < 4.78 is 5.69. The number of hydrogen-bond donors (Lipinski definition) is 2. The van der Waals surface area contributed by atoms with Gasteiger partial charge < -0.3 is 15.8 Å². The Balaban J connectivity index is 1.85. The Labute approximate surface area is 149 Å². The molecule has 0 spiro atoms. The summed E-state index contributed by atoms with van der Waals surface area (Å²) in [6.07, 6.45) is 5.18. The van der Waals surface area contributed by atoms with Crippen molar-refractivity contribution in [3.8, 4) is 11.6 Å². The molecule has 2 aromatic rings. The summed E-state index contributed by atoms with van der Waals surface area (Å²) in [4.78, 5) is 15.1. The molecule has 5 heteroatoms. The maximum atomic E-state index is 11.0. The second-order valence-electron chi connectivity index (χ2n) is 6.23. The van der Waals surface area contributed by atoms with Crippen LogP contribution in [0.2, 0.25) is 0 Å². The molecule has 1 unspecified atom stereocenters. The van der Waals surface area contributed by atoms with Crippen molar-refractivity contribution in [2.45, 2.75) is 39.0 Å². The van der Waals surface area contributed by atoms with Gasteiger partial charge in [0.15, 0.2) is 0 Å². The lowest BCUT2D eigenvalue weighted by molar-refractivity contribution is 0.1000. The van der Waals surface area contributed by atoms with Crippen LogP contribution in [0.15, 0.2) is 42.6 Å².